The number of fused-ring (bicyclic) bond motifs is 3. The Bertz CT molecular complexity index is 1310. The molecule has 0 aromatic heterocycles. The molecule has 0 unspecified atom stereocenters. The molecule has 8 heteroatoms. The first-order valence-corrected chi connectivity index (χ1v) is 11.2. The van der Waals surface area contributed by atoms with Crippen molar-refractivity contribution in [3.63, 3.8) is 0 Å². The average Bonchev–Trinajstić information content (AvgIpc) is 3.18. The predicted octanol–water partition coefficient (Wildman–Crippen LogP) is 1.45. The van der Waals surface area contributed by atoms with Gasteiger partial charge in [-0.05, 0) is 23.8 Å². The average molecular weight is 466 g/mol. The second-order valence-electron chi connectivity index (χ2n) is 7.24. The van der Waals surface area contributed by atoms with Crippen molar-refractivity contribution in [2.24, 2.45) is 0 Å². The van der Waals surface area contributed by atoms with Gasteiger partial charge in [0.1, 0.15) is 5.75 Å². The Kier molecular flexibility index (Phi) is 6.60. The van der Waals surface area contributed by atoms with Crippen LogP contribution in [-0.4, -0.2) is 12.1 Å². The SMILES string of the molecule is COc1ccc(Cc2c[o+](-c3ccccc3)cc3nc4ccccc4c2-3)cc1.[O-][Cl+3]([O-])([O-])[O-]. The third-order valence-electron chi connectivity index (χ3n) is 5.07. The van der Waals surface area contributed by atoms with Crippen LogP contribution in [0.3, 0.4) is 0 Å². The van der Waals surface area contributed by atoms with Crippen molar-refractivity contribution in [3.8, 4) is 22.8 Å². The van der Waals surface area contributed by atoms with Gasteiger partial charge in [-0.25, -0.2) is 23.6 Å². The molecule has 2 aliphatic rings. The van der Waals surface area contributed by atoms with Crippen LogP contribution in [0.1, 0.15) is 11.1 Å². The van der Waals surface area contributed by atoms with Crippen LogP contribution < -0.4 is 23.4 Å². The molecule has 3 aromatic carbocycles. The van der Waals surface area contributed by atoms with Gasteiger partial charge in [0.15, 0.2) is 5.69 Å². The van der Waals surface area contributed by atoms with Gasteiger partial charge >= 0.3 is 0 Å². The van der Waals surface area contributed by atoms with Gasteiger partial charge in [0.05, 0.1) is 18.2 Å². The standard InChI is InChI=1S/C25H20NO2.ClHO4/c1-27-20-13-11-18(12-14-20)15-19-16-28(21-7-3-2-4-8-21)17-24-25(19)22-9-5-6-10-23(22)26-24;2-1(3,4)5/h2-14,16-17H,15H2,1H3;(H,2,3,4,5)/q+1;/p-1. The number of ether oxygens (including phenoxy) is 1. The monoisotopic (exact) mass is 465 g/mol. The van der Waals surface area contributed by atoms with Gasteiger partial charge in [-0.1, -0.05) is 48.5 Å². The summed E-state index contributed by atoms with van der Waals surface area (Å²) in [6, 6.07) is 26.9. The molecule has 3 aromatic rings. The molecule has 0 fully saturated rings. The molecule has 2 heterocycles. The maximum atomic E-state index is 8.49. The first-order valence-electron chi connectivity index (χ1n) is 9.95. The molecule has 0 spiro atoms. The number of nitrogens with zero attached hydrogens (tertiary/aromatic N) is 1. The number of hydrogen-bond acceptors (Lipinski definition) is 6. The van der Waals surface area contributed by atoms with Crippen molar-refractivity contribution < 1.29 is 37.7 Å². The van der Waals surface area contributed by atoms with Gasteiger partial charge in [0, 0.05) is 29.5 Å². The van der Waals surface area contributed by atoms with Crippen LogP contribution >= 0.6 is 0 Å². The summed E-state index contributed by atoms with van der Waals surface area (Å²) in [7, 11) is -3.25. The molecule has 0 aliphatic carbocycles. The minimum atomic E-state index is -4.94. The van der Waals surface area contributed by atoms with Crippen LogP contribution in [0.2, 0.25) is 0 Å². The fourth-order valence-corrected chi connectivity index (χ4v) is 3.70. The number of methoxy groups -OCH3 is 1. The summed E-state index contributed by atoms with van der Waals surface area (Å²) < 4.78 is 42.4. The van der Waals surface area contributed by atoms with Gasteiger partial charge in [0.2, 0.25) is 6.26 Å². The van der Waals surface area contributed by atoms with E-state index in [1.807, 2.05) is 42.7 Å². The highest BCUT2D eigenvalue weighted by Gasteiger charge is 2.22. The Morgan fingerprint density at radius 3 is 2.12 bits per heavy atom. The number of aromatic nitrogens is 1. The zero-order valence-electron chi connectivity index (χ0n) is 17.6. The van der Waals surface area contributed by atoms with Crippen LogP contribution in [0, 0.1) is 10.2 Å². The van der Waals surface area contributed by atoms with Crippen molar-refractivity contribution in [2.45, 2.75) is 6.42 Å². The molecule has 0 saturated heterocycles. The summed E-state index contributed by atoms with van der Waals surface area (Å²) in [6.07, 6.45) is 5.01. The topological polar surface area (TPSA) is 117 Å². The third kappa shape index (κ3) is 5.67. The molecular formula is C25H20ClNO6. The fraction of sp³-hybridized carbons (Fsp3) is 0.0800. The Morgan fingerprint density at radius 2 is 1.45 bits per heavy atom. The van der Waals surface area contributed by atoms with E-state index in [4.69, 9.17) is 28.4 Å². The van der Waals surface area contributed by atoms with E-state index in [1.165, 1.54) is 22.1 Å². The Morgan fingerprint density at radius 1 is 0.818 bits per heavy atom. The van der Waals surface area contributed by atoms with E-state index in [1.54, 1.807) is 7.11 Å². The van der Waals surface area contributed by atoms with Crippen molar-refractivity contribution >= 4 is 10.9 Å². The lowest BCUT2D eigenvalue weighted by atomic mass is 9.98. The van der Waals surface area contributed by atoms with E-state index >= 15 is 0 Å². The molecule has 2 aliphatic heterocycles. The van der Waals surface area contributed by atoms with E-state index in [0.717, 1.165) is 29.1 Å². The van der Waals surface area contributed by atoms with E-state index < -0.39 is 10.2 Å². The molecular weight excluding hydrogens is 446 g/mol. The Hall–Kier alpha value is -3.46. The van der Waals surface area contributed by atoms with Gasteiger partial charge < -0.3 is 8.78 Å². The minimum Gasteiger partial charge on any atom is -0.508 e. The van der Waals surface area contributed by atoms with Crippen LogP contribution in [0.15, 0.2) is 95.4 Å². The summed E-state index contributed by atoms with van der Waals surface area (Å²) in [5.74, 6) is 1.92. The highest BCUT2D eigenvalue weighted by atomic mass is 35.7. The number of benzene rings is 3. The van der Waals surface area contributed by atoms with Crippen LogP contribution in [0.5, 0.6) is 5.75 Å². The van der Waals surface area contributed by atoms with E-state index in [0.29, 0.717) is 0 Å². The first-order chi connectivity index (χ1) is 15.8. The predicted molar refractivity (Wildman–Crippen MR) is 112 cm³/mol. The van der Waals surface area contributed by atoms with E-state index in [-0.39, 0.29) is 0 Å². The molecule has 0 atom stereocenters. The maximum Gasteiger partial charge on any atom is 0.266 e. The van der Waals surface area contributed by atoms with Crippen molar-refractivity contribution in [3.05, 3.63) is 103 Å². The van der Waals surface area contributed by atoms with Gasteiger partial charge in [0.25, 0.3) is 12.0 Å². The molecule has 0 saturated carbocycles. The van der Waals surface area contributed by atoms with Crippen molar-refractivity contribution in [2.75, 3.05) is 7.11 Å². The Balaban J connectivity index is 0.000000471. The largest absolute Gasteiger partial charge is 0.508 e. The van der Waals surface area contributed by atoms with Crippen LogP contribution in [-0.2, 0) is 6.42 Å². The summed E-state index contributed by atoms with van der Waals surface area (Å²) in [4.78, 5) is 4.87. The lowest BCUT2D eigenvalue weighted by Gasteiger charge is -2.17. The molecule has 5 rings (SSSR count). The molecule has 0 radical (unpaired) electrons. The summed E-state index contributed by atoms with van der Waals surface area (Å²) in [6.45, 7) is 0. The van der Waals surface area contributed by atoms with Gasteiger partial charge in [-0.3, -0.25) is 0 Å². The molecule has 168 valence electrons. The van der Waals surface area contributed by atoms with Crippen molar-refractivity contribution in [1.29, 1.82) is 0 Å². The molecule has 0 bridgehead atoms. The smallest absolute Gasteiger partial charge is 0.266 e. The Labute approximate surface area is 192 Å². The normalized spacial score (nSPS) is 11.3. The lowest BCUT2D eigenvalue weighted by molar-refractivity contribution is -2.00. The zero-order valence-corrected chi connectivity index (χ0v) is 18.4. The number of hydrogen-bond donors (Lipinski definition) is 0. The summed E-state index contributed by atoms with van der Waals surface area (Å²) in [5, 5.41) is 1.20. The molecule has 0 N–H and O–H groups in total. The quantitative estimate of drug-likeness (QED) is 0.371. The zero-order chi connectivity index (χ0) is 23.4. The molecule has 7 nitrogen and oxygen atoms in total. The van der Waals surface area contributed by atoms with Gasteiger partial charge in [-0.2, -0.15) is 0 Å². The first kappa shape index (κ1) is 22.7. The van der Waals surface area contributed by atoms with E-state index in [9.17, 15) is 0 Å². The number of para-hydroxylation sites is 2. The second-order valence-corrected chi connectivity index (χ2v) is 7.99. The number of halogens is 1. The van der Waals surface area contributed by atoms with Crippen LogP contribution in [0.25, 0.3) is 27.9 Å². The van der Waals surface area contributed by atoms with Crippen LogP contribution in [0.4, 0.5) is 0 Å². The molecule has 33 heavy (non-hydrogen) atoms. The lowest BCUT2D eigenvalue weighted by Crippen LogP contribution is -2.68. The minimum absolute atomic E-state index is 0.816. The number of rotatable bonds is 4. The summed E-state index contributed by atoms with van der Waals surface area (Å²) >= 11 is 0. The second kappa shape index (κ2) is 9.58. The highest BCUT2D eigenvalue weighted by molar-refractivity contribution is 5.98. The third-order valence-corrected chi connectivity index (χ3v) is 5.07. The fourth-order valence-electron chi connectivity index (χ4n) is 3.70. The maximum absolute atomic E-state index is 8.49. The highest BCUT2D eigenvalue weighted by Crippen LogP contribution is 2.38. The van der Waals surface area contributed by atoms with E-state index in [2.05, 4.69) is 52.8 Å². The molecule has 0 amide bonds. The van der Waals surface area contributed by atoms with Crippen molar-refractivity contribution in [1.82, 2.24) is 4.98 Å². The summed E-state index contributed by atoms with van der Waals surface area (Å²) in [5.41, 5.74) is 5.69. The van der Waals surface area contributed by atoms with Gasteiger partial charge in [-0.15, -0.1) is 10.2 Å².